The third-order valence-corrected chi connectivity index (χ3v) is 4.94. The highest BCUT2D eigenvalue weighted by Gasteiger charge is 2.32. The third kappa shape index (κ3) is 2.72. The molecule has 4 nitrogen and oxygen atoms in total. The lowest BCUT2D eigenvalue weighted by atomic mass is 9.82. The number of rotatable bonds is 3. The van der Waals surface area contributed by atoms with Crippen molar-refractivity contribution >= 4 is 11.9 Å². The lowest BCUT2D eigenvalue weighted by Gasteiger charge is -2.29. The highest BCUT2D eigenvalue weighted by molar-refractivity contribution is 5.98. The average Bonchev–Trinajstić information content (AvgIpc) is 2.77. The standard InChI is InChI=1S/C17H20FNO3/c1-10-6-14-13(7-15(10)18)9-19(16(14)20)8-11-2-4-12(5-3-11)17(21)22/h6-7,11-12H,2-5,8-9H2,1H3,(H,21,22)/t11-,12-. The molecule has 1 aromatic carbocycles. The zero-order valence-electron chi connectivity index (χ0n) is 12.6. The average molecular weight is 305 g/mol. The van der Waals surface area contributed by atoms with E-state index in [9.17, 15) is 14.0 Å². The summed E-state index contributed by atoms with van der Waals surface area (Å²) < 4.78 is 13.6. The summed E-state index contributed by atoms with van der Waals surface area (Å²) in [6.07, 6.45) is 3.04. The van der Waals surface area contributed by atoms with Crippen LogP contribution < -0.4 is 0 Å². The number of amides is 1. The van der Waals surface area contributed by atoms with Crippen LogP contribution in [0.4, 0.5) is 4.39 Å². The van der Waals surface area contributed by atoms with E-state index in [0.29, 0.717) is 43.0 Å². The van der Waals surface area contributed by atoms with Crippen LogP contribution in [0.3, 0.4) is 0 Å². The molecule has 0 saturated heterocycles. The Balaban J connectivity index is 1.64. The summed E-state index contributed by atoms with van der Waals surface area (Å²) in [7, 11) is 0. The predicted molar refractivity (Wildman–Crippen MR) is 79.0 cm³/mol. The topological polar surface area (TPSA) is 57.6 Å². The van der Waals surface area contributed by atoms with Gasteiger partial charge in [-0.05, 0) is 61.8 Å². The predicted octanol–water partition coefficient (Wildman–Crippen LogP) is 2.98. The Kier molecular flexibility index (Phi) is 3.89. The summed E-state index contributed by atoms with van der Waals surface area (Å²) in [5, 5.41) is 9.02. The highest BCUT2D eigenvalue weighted by Crippen LogP contribution is 2.32. The number of carbonyl (C=O) groups excluding carboxylic acids is 1. The number of hydrogen-bond donors (Lipinski definition) is 1. The zero-order chi connectivity index (χ0) is 15.9. The molecular formula is C17H20FNO3. The van der Waals surface area contributed by atoms with E-state index in [0.717, 1.165) is 18.4 Å². The SMILES string of the molecule is Cc1cc2c(cc1F)CN(C[C@H]1CC[C@H](C(=O)O)CC1)C2=O. The number of fused-ring (bicyclic) bond motifs is 1. The Morgan fingerprint density at radius 2 is 2.00 bits per heavy atom. The number of carbonyl (C=O) groups is 2. The van der Waals surface area contributed by atoms with Crippen molar-refractivity contribution in [3.8, 4) is 0 Å². The fraction of sp³-hybridized carbons (Fsp3) is 0.529. The maximum Gasteiger partial charge on any atom is 0.306 e. The molecule has 5 heteroatoms. The number of benzene rings is 1. The molecule has 3 rings (SSSR count). The van der Waals surface area contributed by atoms with Crippen LogP contribution >= 0.6 is 0 Å². The Bertz CT molecular complexity index is 621. The lowest BCUT2D eigenvalue weighted by Crippen LogP contribution is -2.32. The molecule has 0 aromatic heterocycles. The molecule has 1 aliphatic heterocycles. The molecule has 1 aliphatic carbocycles. The van der Waals surface area contributed by atoms with Gasteiger partial charge in [0.25, 0.3) is 5.91 Å². The molecular weight excluding hydrogens is 285 g/mol. The van der Waals surface area contributed by atoms with E-state index in [1.165, 1.54) is 6.07 Å². The van der Waals surface area contributed by atoms with Crippen molar-refractivity contribution in [1.82, 2.24) is 4.90 Å². The van der Waals surface area contributed by atoms with Crippen molar-refractivity contribution in [3.05, 3.63) is 34.6 Å². The first-order valence-electron chi connectivity index (χ1n) is 7.77. The number of carboxylic acids is 1. The second-order valence-corrected chi connectivity index (χ2v) is 6.50. The number of hydrogen-bond acceptors (Lipinski definition) is 2. The maximum absolute atomic E-state index is 13.6. The lowest BCUT2D eigenvalue weighted by molar-refractivity contribution is -0.143. The summed E-state index contributed by atoms with van der Waals surface area (Å²) in [6.45, 7) is 2.77. The maximum atomic E-state index is 13.6. The molecule has 0 radical (unpaired) electrons. The number of halogens is 1. The van der Waals surface area contributed by atoms with Crippen LogP contribution in [0.1, 0.15) is 47.2 Å². The van der Waals surface area contributed by atoms with Gasteiger partial charge in [-0.15, -0.1) is 0 Å². The minimum atomic E-state index is -0.714. The molecule has 1 N–H and O–H groups in total. The Hall–Kier alpha value is -1.91. The number of carboxylic acid groups (broad SMARTS) is 1. The first-order chi connectivity index (χ1) is 10.5. The number of aliphatic carboxylic acids is 1. The molecule has 0 spiro atoms. The molecule has 1 aromatic rings. The van der Waals surface area contributed by atoms with Crippen molar-refractivity contribution in [2.24, 2.45) is 11.8 Å². The van der Waals surface area contributed by atoms with Gasteiger partial charge in [-0.25, -0.2) is 4.39 Å². The van der Waals surface area contributed by atoms with Gasteiger partial charge in [0, 0.05) is 18.7 Å². The molecule has 22 heavy (non-hydrogen) atoms. The zero-order valence-corrected chi connectivity index (χ0v) is 12.6. The fourth-order valence-electron chi connectivity index (χ4n) is 3.55. The van der Waals surface area contributed by atoms with Gasteiger partial charge in [-0.1, -0.05) is 0 Å². The van der Waals surface area contributed by atoms with Gasteiger partial charge in [-0.2, -0.15) is 0 Å². The van der Waals surface area contributed by atoms with E-state index in [2.05, 4.69) is 0 Å². The highest BCUT2D eigenvalue weighted by atomic mass is 19.1. The van der Waals surface area contributed by atoms with E-state index >= 15 is 0 Å². The van der Waals surface area contributed by atoms with Crippen molar-refractivity contribution < 1.29 is 19.1 Å². The van der Waals surface area contributed by atoms with Crippen molar-refractivity contribution in [2.75, 3.05) is 6.54 Å². The third-order valence-electron chi connectivity index (χ3n) is 4.94. The summed E-state index contributed by atoms with van der Waals surface area (Å²) in [5.74, 6) is -0.901. The van der Waals surface area contributed by atoms with E-state index in [1.807, 2.05) is 0 Å². The molecule has 1 amide bonds. The minimum absolute atomic E-state index is 0.0292. The molecule has 1 fully saturated rings. The van der Waals surface area contributed by atoms with Gasteiger partial charge in [0.05, 0.1) is 5.92 Å². The van der Waals surface area contributed by atoms with Crippen LogP contribution in [-0.4, -0.2) is 28.4 Å². The second-order valence-electron chi connectivity index (χ2n) is 6.50. The smallest absolute Gasteiger partial charge is 0.306 e. The normalized spacial score (nSPS) is 24.5. The van der Waals surface area contributed by atoms with E-state index in [-0.39, 0.29) is 17.6 Å². The second kappa shape index (κ2) is 5.71. The molecule has 1 saturated carbocycles. The molecule has 118 valence electrons. The van der Waals surface area contributed by atoms with Crippen molar-refractivity contribution in [1.29, 1.82) is 0 Å². The van der Waals surface area contributed by atoms with Gasteiger partial charge >= 0.3 is 5.97 Å². The van der Waals surface area contributed by atoms with Crippen LogP contribution in [0.5, 0.6) is 0 Å². The quantitative estimate of drug-likeness (QED) is 0.934. The van der Waals surface area contributed by atoms with Crippen molar-refractivity contribution in [2.45, 2.75) is 39.2 Å². The Labute approximate surface area is 128 Å². The van der Waals surface area contributed by atoms with E-state index < -0.39 is 5.97 Å². The van der Waals surface area contributed by atoms with Gasteiger partial charge in [0.15, 0.2) is 0 Å². The number of aryl methyl sites for hydroxylation is 1. The Morgan fingerprint density at radius 3 is 2.64 bits per heavy atom. The summed E-state index contributed by atoms with van der Waals surface area (Å²) in [5.41, 5.74) is 1.86. The van der Waals surface area contributed by atoms with Crippen LogP contribution in [0.25, 0.3) is 0 Å². The van der Waals surface area contributed by atoms with Gasteiger partial charge in [0.1, 0.15) is 5.82 Å². The fourth-order valence-corrected chi connectivity index (χ4v) is 3.55. The summed E-state index contributed by atoms with van der Waals surface area (Å²) >= 11 is 0. The van der Waals surface area contributed by atoms with Crippen LogP contribution in [-0.2, 0) is 11.3 Å². The van der Waals surface area contributed by atoms with Crippen LogP contribution in [0, 0.1) is 24.6 Å². The summed E-state index contributed by atoms with van der Waals surface area (Å²) in [6, 6.07) is 3.10. The molecule has 0 bridgehead atoms. The van der Waals surface area contributed by atoms with Gasteiger partial charge in [-0.3, -0.25) is 9.59 Å². The summed E-state index contributed by atoms with van der Waals surface area (Å²) in [4.78, 5) is 25.2. The Morgan fingerprint density at radius 1 is 1.32 bits per heavy atom. The molecule has 2 aliphatic rings. The largest absolute Gasteiger partial charge is 0.481 e. The first kappa shape index (κ1) is 15.0. The molecule has 0 unspecified atom stereocenters. The molecule has 0 atom stereocenters. The monoisotopic (exact) mass is 305 g/mol. The van der Waals surface area contributed by atoms with Crippen molar-refractivity contribution in [3.63, 3.8) is 0 Å². The van der Waals surface area contributed by atoms with Gasteiger partial charge < -0.3 is 10.0 Å². The van der Waals surface area contributed by atoms with Crippen LogP contribution in [0.15, 0.2) is 12.1 Å². The number of nitrogens with zero attached hydrogens (tertiary/aromatic N) is 1. The minimum Gasteiger partial charge on any atom is -0.481 e. The van der Waals surface area contributed by atoms with Crippen LogP contribution in [0.2, 0.25) is 0 Å². The molecule has 1 heterocycles. The first-order valence-corrected chi connectivity index (χ1v) is 7.77. The van der Waals surface area contributed by atoms with Gasteiger partial charge in [0.2, 0.25) is 0 Å². The van der Waals surface area contributed by atoms with E-state index in [1.54, 1.807) is 17.9 Å². The van der Waals surface area contributed by atoms with E-state index in [4.69, 9.17) is 5.11 Å².